The van der Waals surface area contributed by atoms with Crippen LogP contribution in [0.1, 0.15) is 49.4 Å². The molecule has 0 bridgehead atoms. The predicted octanol–water partition coefficient (Wildman–Crippen LogP) is 3.96. The van der Waals surface area contributed by atoms with Crippen molar-refractivity contribution in [1.29, 1.82) is 0 Å². The Labute approximate surface area is 210 Å². The lowest BCUT2D eigenvalue weighted by Gasteiger charge is -2.33. The third kappa shape index (κ3) is 8.09. The highest BCUT2D eigenvalue weighted by atomic mass is 32.2. The number of carbonyl (C=O) groups is 2. The van der Waals surface area contributed by atoms with Crippen LogP contribution in [0.15, 0.2) is 42.5 Å². The lowest BCUT2D eigenvalue weighted by atomic mass is 10.1. The molecule has 8 heteroatoms. The standard InChI is InChI=1S/C27H39N3O4S/c1-8-25(27(32)28-16-19(2)3)29(17-23-12-9-20(4)10-13-23)26(31)18-30(35(7,33)34)24-14-11-21(5)22(6)15-24/h9-15,19,25H,8,16-18H2,1-7H3,(H,28,32). The lowest BCUT2D eigenvalue weighted by molar-refractivity contribution is -0.140. The van der Waals surface area contributed by atoms with E-state index in [4.69, 9.17) is 0 Å². The Balaban J connectivity index is 2.43. The summed E-state index contributed by atoms with van der Waals surface area (Å²) in [4.78, 5) is 28.2. The van der Waals surface area contributed by atoms with Gasteiger partial charge >= 0.3 is 0 Å². The highest BCUT2D eigenvalue weighted by Gasteiger charge is 2.31. The van der Waals surface area contributed by atoms with Crippen LogP contribution in [0.2, 0.25) is 0 Å². The van der Waals surface area contributed by atoms with Crippen LogP contribution >= 0.6 is 0 Å². The van der Waals surface area contributed by atoms with Gasteiger partial charge in [-0.15, -0.1) is 0 Å². The maximum atomic E-state index is 13.7. The number of benzene rings is 2. The molecule has 2 aromatic rings. The fourth-order valence-electron chi connectivity index (χ4n) is 3.73. The highest BCUT2D eigenvalue weighted by molar-refractivity contribution is 7.92. The van der Waals surface area contributed by atoms with Crippen molar-refractivity contribution in [2.75, 3.05) is 23.7 Å². The molecule has 0 aliphatic heterocycles. The van der Waals surface area contributed by atoms with E-state index >= 15 is 0 Å². The molecule has 192 valence electrons. The first kappa shape index (κ1) is 28.4. The molecule has 35 heavy (non-hydrogen) atoms. The summed E-state index contributed by atoms with van der Waals surface area (Å²) in [6, 6.07) is 12.3. The van der Waals surface area contributed by atoms with Crippen molar-refractivity contribution < 1.29 is 18.0 Å². The van der Waals surface area contributed by atoms with Crippen molar-refractivity contribution >= 4 is 27.5 Å². The van der Waals surface area contributed by atoms with Crippen LogP contribution in [0.25, 0.3) is 0 Å². The predicted molar refractivity (Wildman–Crippen MR) is 142 cm³/mol. The maximum Gasteiger partial charge on any atom is 0.244 e. The van der Waals surface area contributed by atoms with E-state index in [0.29, 0.717) is 18.7 Å². The molecule has 7 nitrogen and oxygen atoms in total. The number of rotatable bonds is 11. The smallest absolute Gasteiger partial charge is 0.244 e. The van der Waals surface area contributed by atoms with E-state index < -0.39 is 22.0 Å². The van der Waals surface area contributed by atoms with Crippen LogP contribution in [0.5, 0.6) is 0 Å². The summed E-state index contributed by atoms with van der Waals surface area (Å²) >= 11 is 0. The summed E-state index contributed by atoms with van der Waals surface area (Å²) in [6.45, 7) is 12.0. The first-order valence-corrected chi connectivity index (χ1v) is 13.9. The third-order valence-corrected chi connectivity index (χ3v) is 7.14. The second-order valence-corrected chi connectivity index (χ2v) is 11.5. The normalized spacial score (nSPS) is 12.3. The maximum absolute atomic E-state index is 13.7. The molecule has 2 rings (SSSR count). The minimum Gasteiger partial charge on any atom is -0.354 e. The number of carbonyl (C=O) groups excluding carboxylic acids is 2. The van der Waals surface area contributed by atoms with E-state index in [-0.39, 0.29) is 24.9 Å². The van der Waals surface area contributed by atoms with Crippen molar-refractivity contribution in [2.24, 2.45) is 5.92 Å². The Bertz CT molecular complexity index is 1130. The molecule has 1 unspecified atom stereocenters. The van der Waals surface area contributed by atoms with E-state index in [0.717, 1.165) is 32.8 Å². The van der Waals surface area contributed by atoms with Crippen molar-refractivity contribution in [3.63, 3.8) is 0 Å². The molecule has 0 aliphatic rings. The number of hydrogen-bond acceptors (Lipinski definition) is 4. The molecular weight excluding hydrogens is 462 g/mol. The minimum atomic E-state index is -3.74. The summed E-state index contributed by atoms with van der Waals surface area (Å²) in [5.74, 6) is -0.400. The number of nitrogens with one attached hydrogen (secondary N) is 1. The Morgan fingerprint density at radius 3 is 2.11 bits per heavy atom. The monoisotopic (exact) mass is 501 g/mol. The van der Waals surface area contributed by atoms with Gasteiger partial charge in [-0.3, -0.25) is 13.9 Å². The van der Waals surface area contributed by atoms with Gasteiger partial charge < -0.3 is 10.2 Å². The molecule has 0 saturated heterocycles. The van der Waals surface area contributed by atoms with Gasteiger partial charge in [0.1, 0.15) is 12.6 Å². The Morgan fingerprint density at radius 1 is 0.971 bits per heavy atom. The zero-order chi connectivity index (χ0) is 26.3. The number of nitrogens with zero attached hydrogens (tertiary/aromatic N) is 2. The van der Waals surface area contributed by atoms with E-state index in [1.54, 1.807) is 12.1 Å². The summed E-state index contributed by atoms with van der Waals surface area (Å²) in [5.41, 5.74) is 4.35. The van der Waals surface area contributed by atoms with Crippen LogP contribution in [-0.4, -0.2) is 50.5 Å². The fourth-order valence-corrected chi connectivity index (χ4v) is 4.57. The summed E-state index contributed by atoms with van der Waals surface area (Å²) in [7, 11) is -3.74. The van der Waals surface area contributed by atoms with Crippen molar-refractivity contribution in [1.82, 2.24) is 10.2 Å². The third-order valence-electron chi connectivity index (χ3n) is 6.00. The number of sulfonamides is 1. The molecular formula is C27H39N3O4S. The first-order valence-electron chi connectivity index (χ1n) is 12.0. The van der Waals surface area contributed by atoms with Crippen LogP contribution in [0.4, 0.5) is 5.69 Å². The molecule has 0 fully saturated rings. The summed E-state index contributed by atoms with van der Waals surface area (Å²) < 4.78 is 26.5. The minimum absolute atomic E-state index is 0.206. The van der Waals surface area contributed by atoms with Gasteiger partial charge in [0.25, 0.3) is 0 Å². The molecule has 2 amide bonds. The highest BCUT2D eigenvalue weighted by Crippen LogP contribution is 2.22. The van der Waals surface area contributed by atoms with E-state index in [2.05, 4.69) is 5.32 Å². The topological polar surface area (TPSA) is 86.8 Å². The molecule has 1 atom stereocenters. The van der Waals surface area contributed by atoms with Gasteiger partial charge in [-0.05, 0) is 61.9 Å². The number of hydrogen-bond donors (Lipinski definition) is 1. The van der Waals surface area contributed by atoms with Crippen molar-refractivity contribution in [3.05, 3.63) is 64.7 Å². The molecule has 0 aromatic heterocycles. The van der Waals surface area contributed by atoms with Crippen molar-refractivity contribution in [2.45, 2.75) is 60.5 Å². The molecule has 0 radical (unpaired) electrons. The van der Waals surface area contributed by atoms with Crippen LogP contribution < -0.4 is 9.62 Å². The Hall–Kier alpha value is -2.87. The first-order chi connectivity index (χ1) is 16.3. The quantitative estimate of drug-likeness (QED) is 0.505. The second-order valence-electron chi connectivity index (χ2n) is 9.61. The zero-order valence-corrected chi connectivity index (χ0v) is 22.8. The second kappa shape index (κ2) is 12.2. The van der Waals surface area contributed by atoms with Gasteiger partial charge in [-0.1, -0.05) is 56.7 Å². The molecule has 0 spiro atoms. The van der Waals surface area contributed by atoms with E-state index in [1.165, 1.54) is 4.90 Å². The van der Waals surface area contributed by atoms with Crippen LogP contribution in [-0.2, 0) is 26.2 Å². The summed E-state index contributed by atoms with van der Waals surface area (Å²) in [6.07, 6.45) is 1.50. The van der Waals surface area contributed by atoms with E-state index in [1.807, 2.05) is 71.9 Å². The summed E-state index contributed by atoms with van der Waals surface area (Å²) in [5, 5.41) is 2.93. The molecule has 2 aromatic carbocycles. The van der Waals surface area contributed by atoms with Crippen LogP contribution in [0.3, 0.4) is 0 Å². The molecule has 1 N–H and O–H groups in total. The van der Waals surface area contributed by atoms with Gasteiger partial charge in [0.05, 0.1) is 11.9 Å². The Kier molecular flexibility index (Phi) is 9.89. The molecule has 0 saturated carbocycles. The van der Waals surface area contributed by atoms with E-state index in [9.17, 15) is 18.0 Å². The zero-order valence-electron chi connectivity index (χ0n) is 22.0. The van der Waals surface area contributed by atoms with Gasteiger partial charge in [-0.2, -0.15) is 0 Å². The van der Waals surface area contributed by atoms with Crippen LogP contribution in [0, 0.1) is 26.7 Å². The number of aryl methyl sites for hydroxylation is 3. The van der Waals surface area contributed by atoms with Gasteiger partial charge in [-0.25, -0.2) is 8.42 Å². The average molecular weight is 502 g/mol. The molecule has 0 aliphatic carbocycles. The van der Waals surface area contributed by atoms with Gasteiger partial charge in [0.15, 0.2) is 0 Å². The SMILES string of the molecule is CCC(C(=O)NCC(C)C)N(Cc1ccc(C)cc1)C(=O)CN(c1ccc(C)c(C)c1)S(C)(=O)=O. The van der Waals surface area contributed by atoms with Gasteiger partial charge in [0, 0.05) is 13.1 Å². The van der Waals surface area contributed by atoms with Crippen molar-refractivity contribution in [3.8, 4) is 0 Å². The largest absolute Gasteiger partial charge is 0.354 e. The number of amides is 2. The van der Waals surface area contributed by atoms with Gasteiger partial charge in [0.2, 0.25) is 21.8 Å². The number of anilines is 1. The molecule has 0 heterocycles. The lowest BCUT2D eigenvalue weighted by Crippen LogP contribution is -2.52. The fraction of sp³-hybridized carbons (Fsp3) is 0.481. The average Bonchev–Trinajstić information content (AvgIpc) is 2.78. The Morgan fingerprint density at radius 2 is 1.60 bits per heavy atom.